The molecule has 5 heteroatoms. The van der Waals surface area contributed by atoms with E-state index in [0.29, 0.717) is 17.9 Å². The van der Waals surface area contributed by atoms with Gasteiger partial charge in [-0.05, 0) is 32.3 Å². The molecular formula is C16H22N4O. The van der Waals surface area contributed by atoms with Crippen molar-refractivity contribution in [1.29, 1.82) is 0 Å². The number of amides is 1. The minimum absolute atomic E-state index is 0.339. The molecule has 21 heavy (non-hydrogen) atoms. The molecule has 2 fully saturated rings. The fourth-order valence-corrected chi connectivity index (χ4v) is 3.40. The predicted octanol–water partition coefficient (Wildman–Crippen LogP) is 1.40. The third-order valence-corrected chi connectivity index (χ3v) is 4.86. The second kappa shape index (κ2) is 4.90. The number of carbonyl (C=O) groups excluding carboxylic acids is 1. The zero-order valence-corrected chi connectivity index (χ0v) is 12.5. The Morgan fingerprint density at radius 1 is 1.19 bits per heavy atom. The molecule has 1 saturated carbocycles. The van der Waals surface area contributed by atoms with Gasteiger partial charge in [0.25, 0.3) is 0 Å². The molecule has 1 aliphatic carbocycles. The SMILES string of the molecule is CC1CC=C2C(N3CCN(C(=O)C4CC4)CC3)=CC=NN21. The van der Waals surface area contributed by atoms with E-state index in [1.807, 2.05) is 6.21 Å². The molecule has 0 aromatic carbocycles. The van der Waals surface area contributed by atoms with Crippen LogP contribution in [0.1, 0.15) is 26.2 Å². The number of nitrogens with zero attached hydrogens (tertiary/aromatic N) is 4. The first-order valence-corrected chi connectivity index (χ1v) is 8.02. The van der Waals surface area contributed by atoms with Crippen molar-refractivity contribution in [3.8, 4) is 0 Å². The largest absolute Gasteiger partial charge is 0.366 e. The molecule has 4 aliphatic rings. The molecule has 3 heterocycles. The van der Waals surface area contributed by atoms with E-state index in [4.69, 9.17) is 0 Å². The predicted molar refractivity (Wildman–Crippen MR) is 81.5 cm³/mol. The van der Waals surface area contributed by atoms with Crippen LogP contribution in [-0.2, 0) is 4.79 Å². The number of allylic oxidation sites excluding steroid dienone is 1. The van der Waals surface area contributed by atoms with Gasteiger partial charge in [-0.25, -0.2) is 0 Å². The summed E-state index contributed by atoms with van der Waals surface area (Å²) >= 11 is 0. The molecule has 5 nitrogen and oxygen atoms in total. The number of hydrogen-bond acceptors (Lipinski definition) is 4. The van der Waals surface area contributed by atoms with Gasteiger partial charge in [-0.1, -0.05) is 6.08 Å². The Bertz CT molecular complexity index is 538. The molecule has 1 saturated heterocycles. The van der Waals surface area contributed by atoms with Gasteiger partial charge in [0.05, 0.1) is 17.4 Å². The van der Waals surface area contributed by atoms with Crippen LogP contribution in [0.25, 0.3) is 0 Å². The number of hydrazone groups is 1. The molecule has 1 amide bonds. The average Bonchev–Trinajstić information content (AvgIpc) is 3.31. The van der Waals surface area contributed by atoms with Gasteiger partial charge in [0, 0.05) is 38.3 Å². The van der Waals surface area contributed by atoms with Crippen molar-refractivity contribution in [2.45, 2.75) is 32.2 Å². The molecule has 0 bridgehead atoms. The summed E-state index contributed by atoms with van der Waals surface area (Å²) in [5.74, 6) is 0.718. The van der Waals surface area contributed by atoms with E-state index in [1.54, 1.807) is 0 Å². The van der Waals surface area contributed by atoms with Crippen LogP contribution in [0.15, 0.2) is 28.6 Å². The summed E-state index contributed by atoms with van der Waals surface area (Å²) < 4.78 is 0. The molecule has 0 aromatic heterocycles. The van der Waals surface area contributed by atoms with Gasteiger partial charge < -0.3 is 9.80 Å². The minimum Gasteiger partial charge on any atom is -0.366 e. The summed E-state index contributed by atoms with van der Waals surface area (Å²) in [6.45, 7) is 5.77. The van der Waals surface area contributed by atoms with E-state index >= 15 is 0 Å². The summed E-state index contributed by atoms with van der Waals surface area (Å²) in [7, 11) is 0. The average molecular weight is 286 g/mol. The molecule has 3 aliphatic heterocycles. The first kappa shape index (κ1) is 12.9. The van der Waals surface area contributed by atoms with E-state index in [2.05, 4.69) is 39.0 Å². The van der Waals surface area contributed by atoms with Crippen molar-refractivity contribution < 1.29 is 4.79 Å². The first-order chi connectivity index (χ1) is 10.2. The molecular weight excluding hydrogens is 264 g/mol. The summed E-state index contributed by atoms with van der Waals surface area (Å²) in [4.78, 5) is 16.6. The highest BCUT2D eigenvalue weighted by Gasteiger charge is 2.36. The van der Waals surface area contributed by atoms with Gasteiger partial charge in [-0.15, -0.1) is 0 Å². The monoisotopic (exact) mass is 286 g/mol. The standard InChI is InChI=1S/C16H22N4O/c1-12-2-5-15-14(6-7-17-20(12)15)18-8-10-19(11-9-18)16(21)13-3-4-13/h5-7,12-13H,2-4,8-11H2,1H3. The number of piperazine rings is 1. The second-order valence-corrected chi connectivity index (χ2v) is 6.42. The van der Waals surface area contributed by atoms with Gasteiger partial charge in [-0.2, -0.15) is 5.10 Å². The van der Waals surface area contributed by atoms with Crippen LogP contribution in [-0.4, -0.2) is 59.2 Å². The molecule has 0 aromatic rings. The van der Waals surface area contributed by atoms with Crippen LogP contribution in [0, 0.1) is 5.92 Å². The number of rotatable bonds is 2. The van der Waals surface area contributed by atoms with Crippen molar-refractivity contribution in [3.05, 3.63) is 23.5 Å². The molecule has 1 unspecified atom stereocenters. The zero-order valence-electron chi connectivity index (χ0n) is 12.5. The van der Waals surface area contributed by atoms with Crippen LogP contribution in [0.5, 0.6) is 0 Å². The fraction of sp³-hybridized carbons (Fsp3) is 0.625. The van der Waals surface area contributed by atoms with E-state index in [-0.39, 0.29) is 0 Å². The van der Waals surface area contributed by atoms with Crippen molar-refractivity contribution in [1.82, 2.24) is 14.8 Å². The third-order valence-electron chi connectivity index (χ3n) is 4.86. The van der Waals surface area contributed by atoms with Crippen LogP contribution in [0.2, 0.25) is 0 Å². The van der Waals surface area contributed by atoms with Crippen LogP contribution in [0.4, 0.5) is 0 Å². The maximum atomic E-state index is 12.1. The Hall–Kier alpha value is -1.78. The maximum absolute atomic E-state index is 12.1. The smallest absolute Gasteiger partial charge is 0.225 e. The van der Waals surface area contributed by atoms with Gasteiger partial charge in [0.15, 0.2) is 0 Å². The number of hydrogen-bond donors (Lipinski definition) is 0. The normalized spacial score (nSPS) is 28.4. The van der Waals surface area contributed by atoms with Crippen LogP contribution < -0.4 is 0 Å². The van der Waals surface area contributed by atoms with Gasteiger partial charge in [0.1, 0.15) is 0 Å². The number of carbonyl (C=O) groups is 1. The molecule has 1 atom stereocenters. The lowest BCUT2D eigenvalue weighted by Gasteiger charge is -2.39. The van der Waals surface area contributed by atoms with E-state index < -0.39 is 0 Å². The number of fused-ring (bicyclic) bond motifs is 1. The lowest BCUT2D eigenvalue weighted by molar-refractivity contribution is -0.134. The summed E-state index contributed by atoms with van der Waals surface area (Å²) in [5, 5.41) is 6.59. The molecule has 4 rings (SSSR count). The van der Waals surface area contributed by atoms with Gasteiger partial charge in [0.2, 0.25) is 5.91 Å². The van der Waals surface area contributed by atoms with Crippen LogP contribution >= 0.6 is 0 Å². The highest BCUT2D eigenvalue weighted by Crippen LogP contribution is 2.33. The van der Waals surface area contributed by atoms with Crippen molar-refractivity contribution in [3.63, 3.8) is 0 Å². The zero-order chi connectivity index (χ0) is 14.4. The van der Waals surface area contributed by atoms with Crippen molar-refractivity contribution in [2.24, 2.45) is 11.0 Å². The molecule has 0 spiro atoms. The summed E-state index contributed by atoms with van der Waals surface area (Å²) in [6.07, 6.45) is 9.55. The minimum atomic E-state index is 0.339. The van der Waals surface area contributed by atoms with E-state index in [9.17, 15) is 4.79 Å². The topological polar surface area (TPSA) is 39.1 Å². The second-order valence-electron chi connectivity index (χ2n) is 6.42. The highest BCUT2D eigenvalue weighted by molar-refractivity contribution is 5.81. The van der Waals surface area contributed by atoms with Crippen molar-refractivity contribution >= 4 is 12.1 Å². The fourth-order valence-electron chi connectivity index (χ4n) is 3.40. The molecule has 0 N–H and O–H groups in total. The van der Waals surface area contributed by atoms with E-state index in [0.717, 1.165) is 45.4 Å². The van der Waals surface area contributed by atoms with Crippen molar-refractivity contribution in [2.75, 3.05) is 26.2 Å². The van der Waals surface area contributed by atoms with Crippen LogP contribution in [0.3, 0.4) is 0 Å². The molecule has 112 valence electrons. The lowest BCUT2D eigenvalue weighted by Crippen LogP contribution is -2.49. The summed E-state index contributed by atoms with van der Waals surface area (Å²) in [6, 6.07) is 0.456. The Kier molecular flexibility index (Phi) is 3.01. The lowest BCUT2D eigenvalue weighted by atomic mass is 10.2. The Labute approximate surface area is 125 Å². The van der Waals surface area contributed by atoms with Gasteiger partial charge >= 0.3 is 0 Å². The van der Waals surface area contributed by atoms with Gasteiger partial charge in [-0.3, -0.25) is 9.80 Å². The third kappa shape index (κ3) is 2.24. The Morgan fingerprint density at radius 3 is 2.67 bits per heavy atom. The maximum Gasteiger partial charge on any atom is 0.225 e. The highest BCUT2D eigenvalue weighted by atomic mass is 16.2. The first-order valence-electron chi connectivity index (χ1n) is 8.02. The Morgan fingerprint density at radius 2 is 1.95 bits per heavy atom. The Balaban J connectivity index is 1.43. The molecule has 0 radical (unpaired) electrons. The van der Waals surface area contributed by atoms with E-state index in [1.165, 1.54) is 11.4 Å². The quantitative estimate of drug-likeness (QED) is 0.770. The summed E-state index contributed by atoms with van der Waals surface area (Å²) in [5.41, 5.74) is 2.51.